The van der Waals surface area contributed by atoms with Crippen molar-refractivity contribution in [2.45, 2.75) is 37.6 Å². The van der Waals surface area contributed by atoms with Gasteiger partial charge in [0.05, 0.1) is 7.11 Å². The number of hydrogen-bond donors (Lipinski definition) is 1. The minimum Gasteiger partial charge on any atom is -0.496 e. The quantitative estimate of drug-likeness (QED) is 0.790. The number of benzene rings is 2. The molecule has 6 heteroatoms. The predicted octanol–water partition coefficient (Wildman–Crippen LogP) is 4.73. The van der Waals surface area contributed by atoms with Crippen LogP contribution in [0.5, 0.6) is 5.75 Å². The van der Waals surface area contributed by atoms with Crippen LogP contribution in [0.1, 0.15) is 42.0 Å². The van der Waals surface area contributed by atoms with Crippen molar-refractivity contribution in [1.29, 1.82) is 0 Å². The number of methoxy groups -OCH3 is 1. The first-order valence-electron chi connectivity index (χ1n) is 9.82. The smallest absolute Gasteiger partial charge is 0.286 e. The van der Waals surface area contributed by atoms with Crippen molar-refractivity contribution in [2.75, 3.05) is 25.6 Å². The first-order chi connectivity index (χ1) is 13.7. The molecule has 4 rings (SSSR count). The molecule has 2 aliphatic heterocycles. The number of amides is 1. The summed E-state index contributed by atoms with van der Waals surface area (Å²) in [5.74, 6) is 1.58. The lowest BCUT2D eigenvalue weighted by Gasteiger charge is -2.36. The third kappa shape index (κ3) is 3.90. The molecule has 0 saturated carbocycles. The minimum absolute atomic E-state index is 0.0942. The molecule has 2 aromatic rings. The molecule has 2 heterocycles. The highest BCUT2D eigenvalue weighted by molar-refractivity contribution is 8.13. The number of fused-ring (bicyclic) bond motifs is 1. The summed E-state index contributed by atoms with van der Waals surface area (Å²) < 4.78 is 5.65. The van der Waals surface area contributed by atoms with E-state index in [2.05, 4.69) is 52.9 Å². The fourth-order valence-electron chi connectivity index (χ4n) is 4.07. The fraction of sp³-hybridized carbons (Fsp3) is 0.409. The molecule has 1 unspecified atom stereocenters. The van der Waals surface area contributed by atoms with E-state index in [0.717, 1.165) is 35.5 Å². The van der Waals surface area contributed by atoms with E-state index in [9.17, 15) is 4.79 Å². The van der Waals surface area contributed by atoms with Gasteiger partial charge in [0.1, 0.15) is 5.75 Å². The Morgan fingerprint density at radius 3 is 2.82 bits per heavy atom. The Morgan fingerprint density at radius 1 is 1.21 bits per heavy atom. The van der Waals surface area contributed by atoms with Crippen molar-refractivity contribution < 1.29 is 9.53 Å². The van der Waals surface area contributed by atoms with Gasteiger partial charge in [-0.05, 0) is 36.1 Å². The summed E-state index contributed by atoms with van der Waals surface area (Å²) in [7, 11) is 3.55. The SMILES string of the molecule is COc1cc2c(cc1CNN1CCCCC1c1ccccc1)N(C)C(=O)SC2. The van der Waals surface area contributed by atoms with Gasteiger partial charge in [0.15, 0.2) is 0 Å². The number of carbonyl (C=O) groups excluding carboxylic acids is 1. The predicted molar refractivity (Wildman–Crippen MR) is 115 cm³/mol. The molecule has 148 valence electrons. The number of rotatable bonds is 5. The molecule has 0 spiro atoms. The lowest BCUT2D eigenvalue weighted by atomic mass is 9.97. The van der Waals surface area contributed by atoms with E-state index in [-0.39, 0.29) is 5.24 Å². The standard InChI is InChI=1S/C22H27N3O2S/c1-24-20-12-17(21(27-2)13-18(20)15-28-22(24)26)14-23-25-11-7-6-10-19(25)16-8-4-3-5-9-16/h3-5,8-9,12-13,19,23H,6-7,10-11,14-15H2,1-2H3. The van der Waals surface area contributed by atoms with E-state index in [1.807, 2.05) is 7.05 Å². The van der Waals surface area contributed by atoms with Crippen LogP contribution in [0.25, 0.3) is 0 Å². The van der Waals surface area contributed by atoms with Gasteiger partial charge in [0.2, 0.25) is 0 Å². The maximum absolute atomic E-state index is 12.1. The molecule has 28 heavy (non-hydrogen) atoms. The van der Waals surface area contributed by atoms with Crippen LogP contribution >= 0.6 is 11.8 Å². The van der Waals surface area contributed by atoms with E-state index in [4.69, 9.17) is 4.74 Å². The van der Waals surface area contributed by atoms with Crippen LogP contribution in [0.15, 0.2) is 42.5 Å². The maximum Gasteiger partial charge on any atom is 0.286 e. The van der Waals surface area contributed by atoms with Crippen LogP contribution in [0.2, 0.25) is 0 Å². The summed E-state index contributed by atoms with van der Waals surface area (Å²) in [6.07, 6.45) is 3.61. The number of nitrogens with zero attached hydrogens (tertiary/aromatic N) is 2. The highest BCUT2D eigenvalue weighted by atomic mass is 32.2. The van der Waals surface area contributed by atoms with Crippen LogP contribution in [0, 0.1) is 0 Å². The van der Waals surface area contributed by atoms with Crippen LogP contribution in [0.3, 0.4) is 0 Å². The van der Waals surface area contributed by atoms with Crippen molar-refractivity contribution in [3.63, 3.8) is 0 Å². The minimum atomic E-state index is 0.0942. The zero-order chi connectivity index (χ0) is 19.5. The van der Waals surface area contributed by atoms with Gasteiger partial charge in [-0.15, -0.1) is 0 Å². The molecule has 1 atom stereocenters. The largest absolute Gasteiger partial charge is 0.496 e. The Balaban J connectivity index is 1.54. The Labute approximate surface area is 171 Å². The first-order valence-corrected chi connectivity index (χ1v) is 10.8. The monoisotopic (exact) mass is 397 g/mol. The second-order valence-electron chi connectivity index (χ2n) is 7.36. The summed E-state index contributed by atoms with van der Waals surface area (Å²) in [6.45, 7) is 1.71. The van der Waals surface area contributed by atoms with Crippen LogP contribution in [0.4, 0.5) is 10.5 Å². The average Bonchev–Trinajstić information content (AvgIpc) is 2.75. The number of anilines is 1. The molecule has 0 bridgehead atoms. The molecular formula is C22H27N3O2S. The maximum atomic E-state index is 12.1. The lowest BCUT2D eigenvalue weighted by molar-refractivity contribution is 0.0822. The lowest BCUT2D eigenvalue weighted by Crippen LogP contribution is -2.43. The number of nitrogens with one attached hydrogen (secondary N) is 1. The number of hydrogen-bond acceptors (Lipinski definition) is 5. The summed E-state index contributed by atoms with van der Waals surface area (Å²) >= 11 is 1.34. The summed E-state index contributed by atoms with van der Waals surface area (Å²) in [5.41, 5.74) is 8.20. The number of hydrazine groups is 1. The van der Waals surface area contributed by atoms with Gasteiger partial charge in [-0.25, -0.2) is 5.01 Å². The molecule has 1 fully saturated rings. The Bertz CT molecular complexity index is 843. The van der Waals surface area contributed by atoms with Gasteiger partial charge in [-0.3, -0.25) is 10.2 Å². The summed E-state index contributed by atoms with van der Waals surface area (Å²) in [6, 6.07) is 15.3. The van der Waals surface area contributed by atoms with E-state index in [0.29, 0.717) is 18.3 Å². The van der Waals surface area contributed by atoms with Crippen molar-refractivity contribution in [3.05, 3.63) is 59.2 Å². The number of ether oxygens (including phenoxy) is 1. The molecule has 2 aromatic carbocycles. The molecular weight excluding hydrogens is 370 g/mol. The third-order valence-corrected chi connectivity index (χ3v) is 6.60. The molecule has 0 radical (unpaired) electrons. The normalized spacial score (nSPS) is 20.1. The van der Waals surface area contributed by atoms with Gasteiger partial charge < -0.3 is 9.64 Å². The molecule has 1 amide bonds. The third-order valence-electron chi connectivity index (χ3n) is 5.63. The van der Waals surface area contributed by atoms with Crippen LogP contribution in [-0.4, -0.2) is 31.0 Å². The van der Waals surface area contributed by atoms with Gasteiger partial charge in [0, 0.05) is 43.2 Å². The van der Waals surface area contributed by atoms with Gasteiger partial charge >= 0.3 is 0 Å². The van der Waals surface area contributed by atoms with Crippen molar-refractivity contribution >= 4 is 22.7 Å². The molecule has 0 aromatic heterocycles. The topological polar surface area (TPSA) is 44.8 Å². The Hall–Kier alpha value is -2.02. The number of piperidine rings is 1. The molecule has 2 aliphatic rings. The average molecular weight is 398 g/mol. The van der Waals surface area contributed by atoms with Crippen molar-refractivity contribution in [1.82, 2.24) is 10.4 Å². The van der Waals surface area contributed by atoms with E-state index in [1.54, 1.807) is 12.0 Å². The second-order valence-corrected chi connectivity index (χ2v) is 8.28. The summed E-state index contributed by atoms with van der Waals surface area (Å²) in [4.78, 5) is 13.8. The fourth-order valence-corrected chi connectivity index (χ4v) is 4.88. The van der Waals surface area contributed by atoms with Gasteiger partial charge in [-0.1, -0.05) is 48.5 Å². The van der Waals surface area contributed by atoms with E-state index < -0.39 is 0 Å². The van der Waals surface area contributed by atoms with Gasteiger partial charge in [-0.2, -0.15) is 0 Å². The van der Waals surface area contributed by atoms with Crippen molar-refractivity contribution in [3.8, 4) is 5.75 Å². The highest BCUT2D eigenvalue weighted by Gasteiger charge is 2.26. The molecule has 0 aliphatic carbocycles. The highest BCUT2D eigenvalue weighted by Crippen LogP contribution is 2.37. The number of carbonyl (C=O) groups is 1. The Kier molecular flexibility index (Phi) is 5.90. The zero-order valence-electron chi connectivity index (χ0n) is 16.5. The van der Waals surface area contributed by atoms with Crippen LogP contribution in [-0.2, 0) is 12.3 Å². The van der Waals surface area contributed by atoms with Crippen LogP contribution < -0.4 is 15.1 Å². The molecule has 1 saturated heterocycles. The molecule has 5 nitrogen and oxygen atoms in total. The first kappa shape index (κ1) is 19.3. The molecule has 1 N–H and O–H groups in total. The van der Waals surface area contributed by atoms with Gasteiger partial charge in [0.25, 0.3) is 5.24 Å². The number of thioether (sulfide) groups is 1. The second kappa shape index (κ2) is 8.55. The zero-order valence-corrected chi connectivity index (χ0v) is 17.3. The van der Waals surface area contributed by atoms with E-state index in [1.165, 1.54) is 30.2 Å². The van der Waals surface area contributed by atoms with E-state index >= 15 is 0 Å². The Morgan fingerprint density at radius 2 is 2.04 bits per heavy atom. The summed E-state index contributed by atoms with van der Waals surface area (Å²) in [5, 5.41) is 2.46. The van der Waals surface area contributed by atoms with Crippen molar-refractivity contribution in [2.24, 2.45) is 0 Å².